The van der Waals surface area contributed by atoms with E-state index in [1.54, 1.807) is 11.8 Å². The second-order valence-corrected chi connectivity index (χ2v) is 6.59. The third-order valence-corrected chi connectivity index (χ3v) is 4.77. The second-order valence-electron chi connectivity index (χ2n) is 6.59. The highest BCUT2D eigenvalue weighted by molar-refractivity contribution is 5.80. The van der Waals surface area contributed by atoms with Gasteiger partial charge >= 0.3 is 5.97 Å². The summed E-state index contributed by atoms with van der Waals surface area (Å²) >= 11 is 0. The van der Waals surface area contributed by atoms with Crippen molar-refractivity contribution in [2.24, 2.45) is 0 Å². The summed E-state index contributed by atoms with van der Waals surface area (Å²) in [4.78, 5) is 27.0. The molecule has 1 N–H and O–H groups in total. The molecule has 0 bridgehead atoms. The topological polar surface area (TPSA) is 101 Å². The number of carbonyl (C=O) groups is 2. The van der Waals surface area contributed by atoms with Crippen LogP contribution in [0.5, 0.6) is 0 Å². The van der Waals surface area contributed by atoms with Crippen molar-refractivity contribution in [3.05, 3.63) is 30.3 Å². The smallest absolute Gasteiger partial charge is 0.303 e. The predicted octanol–water partition coefficient (Wildman–Crippen LogP) is 2.15. The number of amides is 1. The van der Waals surface area contributed by atoms with Gasteiger partial charge in [0.25, 0.3) is 0 Å². The summed E-state index contributed by atoms with van der Waals surface area (Å²) in [5, 5.41) is 21.4. The first-order chi connectivity index (χ1) is 12.6. The molecule has 1 aliphatic rings. The summed E-state index contributed by atoms with van der Waals surface area (Å²) in [7, 11) is 0. The minimum absolute atomic E-state index is 0.0353. The molecule has 1 amide bonds. The van der Waals surface area contributed by atoms with E-state index >= 15 is 0 Å². The molecule has 3 rings (SSSR count). The van der Waals surface area contributed by atoms with Crippen LogP contribution in [0.3, 0.4) is 0 Å². The molecular formula is C18H23N5O3. The van der Waals surface area contributed by atoms with Crippen LogP contribution in [0, 0.1) is 0 Å². The lowest BCUT2D eigenvalue weighted by atomic mass is 9.97. The van der Waals surface area contributed by atoms with Crippen molar-refractivity contribution in [3.63, 3.8) is 0 Å². The monoisotopic (exact) mass is 357 g/mol. The lowest BCUT2D eigenvalue weighted by Crippen LogP contribution is -2.46. The fourth-order valence-electron chi connectivity index (χ4n) is 3.31. The van der Waals surface area contributed by atoms with Gasteiger partial charge in [0.15, 0.2) is 0 Å². The Bertz CT molecular complexity index is 761. The van der Waals surface area contributed by atoms with Crippen LogP contribution in [-0.4, -0.2) is 54.7 Å². The molecule has 8 heteroatoms. The molecule has 2 heterocycles. The highest BCUT2D eigenvalue weighted by atomic mass is 16.4. The second kappa shape index (κ2) is 8.07. The number of carboxylic acid groups (broad SMARTS) is 1. The Morgan fingerprint density at radius 3 is 2.77 bits per heavy atom. The van der Waals surface area contributed by atoms with Crippen molar-refractivity contribution < 1.29 is 14.7 Å². The normalized spacial score (nSPS) is 18.5. The Balaban J connectivity index is 1.72. The van der Waals surface area contributed by atoms with Crippen molar-refractivity contribution in [1.29, 1.82) is 0 Å². The van der Waals surface area contributed by atoms with Crippen molar-refractivity contribution in [2.45, 2.75) is 51.1 Å². The van der Waals surface area contributed by atoms with Gasteiger partial charge in [0.2, 0.25) is 11.7 Å². The number of rotatable bonds is 6. The first-order valence-corrected chi connectivity index (χ1v) is 8.93. The lowest BCUT2D eigenvalue weighted by Gasteiger charge is -2.36. The number of nitrogens with zero attached hydrogens (tertiary/aromatic N) is 5. The minimum atomic E-state index is -0.832. The average Bonchev–Trinajstić information content (AvgIpc) is 3.16. The molecule has 2 aromatic rings. The van der Waals surface area contributed by atoms with E-state index in [0.717, 1.165) is 24.8 Å². The number of piperidine rings is 1. The van der Waals surface area contributed by atoms with Gasteiger partial charge in [0, 0.05) is 24.6 Å². The molecule has 1 fully saturated rings. The molecule has 1 aromatic carbocycles. The maximum absolute atomic E-state index is 12.9. The van der Waals surface area contributed by atoms with Crippen LogP contribution in [-0.2, 0) is 9.59 Å². The van der Waals surface area contributed by atoms with Gasteiger partial charge in [-0.2, -0.15) is 4.80 Å². The van der Waals surface area contributed by atoms with E-state index in [-0.39, 0.29) is 18.4 Å². The minimum Gasteiger partial charge on any atom is -0.481 e. The molecule has 2 unspecified atom stereocenters. The number of carbonyl (C=O) groups excluding carboxylic acids is 1. The Hall–Kier alpha value is -2.77. The fourth-order valence-corrected chi connectivity index (χ4v) is 3.31. The number of likely N-dealkylation sites (tertiary alicyclic amines) is 1. The molecule has 2 atom stereocenters. The lowest BCUT2D eigenvalue weighted by molar-refractivity contribution is -0.142. The summed E-state index contributed by atoms with van der Waals surface area (Å²) in [6.45, 7) is 2.40. The standard InChI is InChI=1S/C18H23N5O3/c1-13(23-20-17(19-21-23)14-7-3-2-4-8-14)18(26)22-12-6-5-9-15(22)10-11-16(24)25/h2-4,7-8,13,15H,5-6,9-12H2,1H3,(H,24,25). The number of carboxylic acids is 1. The van der Waals surface area contributed by atoms with Gasteiger partial charge in [-0.1, -0.05) is 30.3 Å². The molecular weight excluding hydrogens is 334 g/mol. The molecule has 26 heavy (non-hydrogen) atoms. The van der Waals surface area contributed by atoms with Crippen molar-refractivity contribution in [3.8, 4) is 11.4 Å². The number of benzene rings is 1. The van der Waals surface area contributed by atoms with Crippen molar-refractivity contribution in [1.82, 2.24) is 25.1 Å². The third-order valence-electron chi connectivity index (χ3n) is 4.77. The number of hydrogen-bond acceptors (Lipinski definition) is 5. The molecule has 1 aliphatic heterocycles. The summed E-state index contributed by atoms with van der Waals surface area (Å²) in [5.74, 6) is -0.440. The van der Waals surface area contributed by atoms with Crippen LogP contribution in [0.4, 0.5) is 0 Å². The molecule has 0 aliphatic carbocycles. The van der Waals surface area contributed by atoms with Crippen LogP contribution < -0.4 is 0 Å². The van der Waals surface area contributed by atoms with Crippen LogP contribution >= 0.6 is 0 Å². The van der Waals surface area contributed by atoms with Gasteiger partial charge in [-0.25, -0.2) is 0 Å². The molecule has 8 nitrogen and oxygen atoms in total. The SMILES string of the molecule is CC(C(=O)N1CCCCC1CCC(=O)O)n1nnc(-c2ccccc2)n1. The van der Waals surface area contributed by atoms with E-state index in [9.17, 15) is 9.59 Å². The van der Waals surface area contributed by atoms with E-state index in [1.807, 2.05) is 30.3 Å². The van der Waals surface area contributed by atoms with E-state index in [4.69, 9.17) is 5.11 Å². The van der Waals surface area contributed by atoms with E-state index < -0.39 is 12.0 Å². The van der Waals surface area contributed by atoms with Gasteiger partial charge in [0.05, 0.1) is 0 Å². The highest BCUT2D eigenvalue weighted by Crippen LogP contribution is 2.24. The van der Waals surface area contributed by atoms with Gasteiger partial charge in [-0.3, -0.25) is 9.59 Å². The third kappa shape index (κ3) is 4.07. The van der Waals surface area contributed by atoms with Crippen LogP contribution in [0.1, 0.15) is 45.1 Å². The van der Waals surface area contributed by atoms with Crippen LogP contribution in [0.2, 0.25) is 0 Å². The average molecular weight is 357 g/mol. The molecule has 0 radical (unpaired) electrons. The predicted molar refractivity (Wildman–Crippen MR) is 94.2 cm³/mol. The van der Waals surface area contributed by atoms with Crippen molar-refractivity contribution >= 4 is 11.9 Å². The Kier molecular flexibility index (Phi) is 5.60. The van der Waals surface area contributed by atoms with E-state index in [0.29, 0.717) is 18.8 Å². The maximum Gasteiger partial charge on any atom is 0.303 e. The van der Waals surface area contributed by atoms with E-state index in [2.05, 4.69) is 15.4 Å². The number of hydrogen-bond donors (Lipinski definition) is 1. The Morgan fingerprint density at radius 1 is 1.27 bits per heavy atom. The molecule has 0 spiro atoms. The highest BCUT2D eigenvalue weighted by Gasteiger charge is 2.31. The van der Waals surface area contributed by atoms with Gasteiger partial charge in [-0.05, 0) is 37.8 Å². The summed E-state index contributed by atoms with van der Waals surface area (Å²) in [5.41, 5.74) is 0.843. The van der Waals surface area contributed by atoms with E-state index in [1.165, 1.54) is 4.80 Å². The molecule has 138 valence electrons. The quantitative estimate of drug-likeness (QED) is 0.850. The first-order valence-electron chi connectivity index (χ1n) is 8.93. The zero-order chi connectivity index (χ0) is 18.5. The van der Waals surface area contributed by atoms with Crippen LogP contribution in [0.15, 0.2) is 30.3 Å². The Morgan fingerprint density at radius 2 is 2.04 bits per heavy atom. The van der Waals surface area contributed by atoms with Gasteiger partial charge < -0.3 is 10.0 Å². The van der Waals surface area contributed by atoms with Crippen molar-refractivity contribution in [2.75, 3.05) is 6.54 Å². The fraction of sp³-hybridized carbons (Fsp3) is 0.500. The number of aliphatic carboxylic acids is 1. The zero-order valence-electron chi connectivity index (χ0n) is 14.8. The van der Waals surface area contributed by atoms with Gasteiger partial charge in [-0.15, -0.1) is 10.2 Å². The number of tetrazole rings is 1. The Labute approximate surface area is 151 Å². The number of aromatic nitrogens is 4. The summed E-state index contributed by atoms with van der Waals surface area (Å²) < 4.78 is 0. The molecule has 1 aromatic heterocycles. The largest absolute Gasteiger partial charge is 0.481 e. The molecule has 0 saturated carbocycles. The van der Waals surface area contributed by atoms with Crippen LogP contribution in [0.25, 0.3) is 11.4 Å². The summed E-state index contributed by atoms with van der Waals surface area (Å²) in [6, 6.07) is 8.86. The first kappa shape index (κ1) is 18.0. The van der Waals surface area contributed by atoms with Gasteiger partial charge in [0.1, 0.15) is 6.04 Å². The summed E-state index contributed by atoms with van der Waals surface area (Å²) in [6.07, 6.45) is 3.34. The molecule has 1 saturated heterocycles. The zero-order valence-corrected chi connectivity index (χ0v) is 14.8. The maximum atomic E-state index is 12.9.